The van der Waals surface area contributed by atoms with Gasteiger partial charge < -0.3 is 9.47 Å². The molecule has 0 aromatic carbocycles. The van der Waals surface area contributed by atoms with Crippen LogP contribution in [0.1, 0.15) is 92.9 Å². The summed E-state index contributed by atoms with van der Waals surface area (Å²) < 4.78 is 12.2. The van der Waals surface area contributed by atoms with Crippen LogP contribution >= 0.6 is 0 Å². The first-order valence-corrected chi connectivity index (χ1v) is 9.80. The van der Waals surface area contributed by atoms with Crippen molar-refractivity contribution in [1.82, 2.24) is 0 Å². The Balaban J connectivity index is 4.17. The Morgan fingerprint density at radius 3 is 1.41 bits per heavy atom. The molecule has 2 heteroatoms. The van der Waals surface area contributed by atoms with E-state index in [1.54, 1.807) is 0 Å². The van der Waals surface area contributed by atoms with Crippen molar-refractivity contribution in [3.63, 3.8) is 0 Å². The first-order valence-electron chi connectivity index (χ1n) is 9.80. The van der Waals surface area contributed by atoms with E-state index in [9.17, 15) is 0 Å². The molecule has 0 aliphatic rings. The smallest absolute Gasteiger partial charge is 0.157 e. The Labute approximate surface area is 140 Å². The van der Waals surface area contributed by atoms with Crippen LogP contribution in [0.2, 0.25) is 0 Å². The highest BCUT2D eigenvalue weighted by molar-refractivity contribution is 4.58. The van der Waals surface area contributed by atoms with E-state index in [0.717, 1.165) is 25.6 Å². The molecule has 0 saturated heterocycles. The Kier molecular flexibility index (Phi) is 14.5. The molecule has 0 aliphatic carbocycles. The normalized spacial score (nSPS) is 12.3. The number of hydrogen-bond donors (Lipinski definition) is 0. The summed E-state index contributed by atoms with van der Waals surface area (Å²) in [6.45, 7) is 15.3. The largest absolute Gasteiger partial charge is 0.352 e. The van der Waals surface area contributed by atoms with Crippen molar-refractivity contribution in [2.24, 2.45) is 17.8 Å². The first-order chi connectivity index (χ1) is 10.6. The summed E-state index contributed by atoms with van der Waals surface area (Å²) in [5.74, 6) is 2.15. The molecule has 0 amide bonds. The van der Waals surface area contributed by atoms with Gasteiger partial charge in [-0.15, -0.1) is 0 Å². The fourth-order valence-electron chi connectivity index (χ4n) is 2.61. The second-order valence-electron chi connectivity index (χ2n) is 7.14. The molecule has 0 aliphatic heterocycles. The summed E-state index contributed by atoms with van der Waals surface area (Å²) in [6.07, 6.45) is 9.66. The van der Waals surface area contributed by atoms with Gasteiger partial charge in [-0.1, -0.05) is 80.1 Å². The maximum atomic E-state index is 6.11. The average molecular weight is 315 g/mol. The van der Waals surface area contributed by atoms with E-state index in [4.69, 9.17) is 9.47 Å². The van der Waals surface area contributed by atoms with Gasteiger partial charge in [0.1, 0.15) is 0 Å². The van der Waals surface area contributed by atoms with Crippen LogP contribution in [0.5, 0.6) is 0 Å². The Hall–Kier alpha value is -0.0800. The quantitative estimate of drug-likeness (QED) is 0.256. The van der Waals surface area contributed by atoms with Crippen molar-refractivity contribution in [1.29, 1.82) is 0 Å². The molecule has 0 rings (SSSR count). The molecule has 0 aromatic rings. The van der Waals surface area contributed by atoms with Crippen LogP contribution < -0.4 is 0 Å². The zero-order valence-electron chi connectivity index (χ0n) is 16.2. The molecule has 22 heavy (non-hydrogen) atoms. The Morgan fingerprint density at radius 1 is 0.636 bits per heavy atom. The molecule has 0 aromatic heterocycles. The van der Waals surface area contributed by atoms with Crippen LogP contribution in [0.4, 0.5) is 0 Å². The average Bonchev–Trinajstić information content (AvgIpc) is 2.52. The maximum absolute atomic E-state index is 6.11. The fourth-order valence-corrected chi connectivity index (χ4v) is 2.61. The van der Waals surface area contributed by atoms with Gasteiger partial charge in [0.2, 0.25) is 0 Å². The van der Waals surface area contributed by atoms with Gasteiger partial charge in [-0.05, 0) is 30.6 Å². The molecule has 0 fully saturated rings. The van der Waals surface area contributed by atoms with Gasteiger partial charge in [-0.25, -0.2) is 0 Å². The lowest BCUT2D eigenvalue weighted by atomic mass is 10.0. The van der Waals surface area contributed by atoms with Gasteiger partial charge in [-0.3, -0.25) is 0 Å². The molecular formula is C20H42O2. The highest BCUT2D eigenvalue weighted by atomic mass is 16.7. The highest BCUT2D eigenvalue weighted by Crippen LogP contribution is 2.17. The number of unbranched alkanes of at least 4 members (excludes halogenated alkanes) is 1. The third-order valence-electron chi connectivity index (χ3n) is 4.82. The van der Waals surface area contributed by atoms with Crippen LogP contribution in [0, 0.1) is 17.8 Å². The summed E-state index contributed by atoms with van der Waals surface area (Å²) in [7, 11) is 0. The minimum atomic E-state index is 0.00774. The van der Waals surface area contributed by atoms with Crippen molar-refractivity contribution in [3.05, 3.63) is 0 Å². The molecular weight excluding hydrogens is 272 g/mol. The van der Waals surface area contributed by atoms with Gasteiger partial charge in [0.05, 0.1) is 13.2 Å². The monoisotopic (exact) mass is 314 g/mol. The van der Waals surface area contributed by atoms with Gasteiger partial charge in [0, 0.05) is 0 Å². The summed E-state index contributed by atoms with van der Waals surface area (Å²) in [5.41, 5.74) is 0. The number of hydrogen-bond acceptors (Lipinski definition) is 2. The van der Waals surface area contributed by atoms with E-state index >= 15 is 0 Å². The molecule has 134 valence electrons. The zero-order chi connectivity index (χ0) is 16.8. The van der Waals surface area contributed by atoms with Crippen LogP contribution in [0.3, 0.4) is 0 Å². The van der Waals surface area contributed by atoms with Crippen LogP contribution in [-0.2, 0) is 9.47 Å². The molecule has 0 bridgehead atoms. The molecule has 0 N–H and O–H groups in total. The summed E-state index contributed by atoms with van der Waals surface area (Å²) in [6, 6.07) is 0. The van der Waals surface area contributed by atoms with E-state index in [1.807, 2.05) is 0 Å². The van der Waals surface area contributed by atoms with Crippen molar-refractivity contribution < 1.29 is 9.47 Å². The highest BCUT2D eigenvalue weighted by Gasteiger charge is 2.14. The topological polar surface area (TPSA) is 18.5 Å². The lowest BCUT2D eigenvalue weighted by Gasteiger charge is -2.23. The lowest BCUT2D eigenvalue weighted by molar-refractivity contribution is -0.161. The molecule has 0 atom stereocenters. The number of rotatable bonds is 15. The van der Waals surface area contributed by atoms with E-state index in [-0.39, 0.29) is 6.29 Å². The molecule has 0 spiro atoms. The van der Waals surface area contributed by atoms with Gasteiger partial charge in [0.15, 0.2) is 6.29 Å². The predicted octanol–water partition coefficient (Wildman–Crippen LogP) is 6.43. The van der Waals surface area contributed by atoms with Crippen molar-refractivity contribution in [2.75, 3.05) is 13.2 Å². The minimum absolute atomic E-state index is 0.00774. The second-order valence-corrected chi connectivity index (χ2v) is 7.14. The van der Waals surface area contributed by atoms with Crippen molar-refractivity contribution in [2.45, 2.75) is 99.2 Å². The molecule has 0 radical (unpaired) electrons. The third kappa shape index (κ3) is 11.5. The van der Waals surface area contributed by atoms with E-state index in [1.165, 1.54) is 44.9 Å². The van der Waals surface area contributed by atoms with Gasteiger partial charge in [0.25, 0.3) is 0 Å². The maximum Gasteiger partial charge on any atom is 0.157 e. The summed E-state index contributed by atoms with van der Waals surface area (Å²) in [4.78, 5) is 0. The third-order valence-corrected chi connectivity index (χ3v) is 4.82. The van der Waals surface area contributed by atoms with Crippen LogP contribution in [-0.4, -0.2) is 19.5 Å². The molecule has 0 unspecified atom stereocenters. The standard InChI is InChI=1S/C20H42O2/c1-7-18(8-2)15-21-20(14-12-11-13-17(5)6)22-16-19(9-3)10-4/h17-20H,7-16H2,1-6H3. The Bertz CT molecular complexity index is 204. The fraction of sp³-hybridized carbons (Fsp3) is 1.00. The van der Waals surface area contributed by atoms with E-state index in [0.29, 0.717) is 11.8 Å². The predicted molar refractivity (Wildman–Crippen MR) is 97.1 cm³/mol. The second kappa shape index (κ2) is 14.5. The van der Waals surface area contributed by atoms with Gasteiger partial charge >= 0.3 is 0 Å². The molecule has 0 saturated carbocycles. The van der Waals surface area contributed by atoms with Crippen molar-refractivity contribution >= 4 is 0 Å². The summed E-state index contributed by atoms with van der Waals surface area (Å²) in [5, 5.41) is 0. The van der Waals surface area contributed by atoms with Crippen LogP contribution in [0.25, 0.3) is 0 Å². The van der Waals surface area contributed by atoms with E-state index in [2.05, 4.69) is 41.5 Å². The van der Waals surface area contributed by atoms with Gasteiger partial charge in [-0.2, -0.15) is 0 Å². The zero-order valence-corrected chi connectivity index (χ0v) is 16.2. The first kappa shape index (κ1) is 21.9. The van der Waals surface area contributed by atoms with Crippen LogP contribution in [0.15, 0.2) is 0 Å². The number of ether oxygens (including phenoxy) is 2. The SMILES string of the molecule is CCC(CC)COC(CCCCC(C)C)OCC(CC)CC. The van der Waals surface area contributed by atoms with E-state index < -0.39 is 0 Å². The summed E-state index contributed by atoms with van der Waals surface area (Å²) >= 11 is 0. The van der Waals surface area contributed by atoms with Crippen molar-refractivity contribution in [3.8, 4) is 0 Å². The lowest BCUT2D eigenvalue weighted by Crippen LogP contribution is -2.24. The molecule has 2 nitrogen and oxygen atoms in total. The minimum Gasteiger partial charge on any atom is -0.352 e. The Morgan fingerprint density at radius 2 is 1.05 bits per heavy atom. The molecule has 0 heterocycles.